The number of halogens is 2. The molecule has 0 spiro atoms. The summed E-state index contributed by atoms with van der Waals surface area (Å²) in [5, 5.41) is 12.2. The van der Waals surface area contributed by atoms with E-state index in [9.17, 15) is 9.18 Å². The van der Waals surface area contributed by atoms with Crippen LogP contribution < -0.4 is 5.32 Å². The molecule has 1 aromatic rings. The van der Waals surface area contributed by atoms with Crippen molar-refractivity contribution in [2.75, 3.05) is 0 Å². The Bertz CT molecular complexity index is 453. The van der Waals surface area contributed by atoms with E-state index in [-0.39, 0.29) is 17.0 Å². The Kier molecular flexibility index (Phi) is 6.96. The summed E-state index contributed by atoms with van der Waals surface area (Å²) in [6, 6.07) is 4.95. The largest absolute Gasteiger partial charge is 0.481 e. The van der Waals surface area contributed by atoms with Gasteiger partial charge in [-0.1, -0.05) is 31.0 Å². The van der Waals surface area contributed by atoms with Gasteiger partial charge in [0.1, 0.15) is 5.82 Å². The van der Waals surface area contributed by atoms with Crippen LogP contribution in [0, 0.1) is 11.7 Å². The van der Waals surface area contributed by atoms with Gasteiger partial charge in [-0.25, -0.2) is 4.39 Å². The van der Waals surface area contributed by atoms with Crippen LogP contribution in [-0.4, -0.2) is 17.1 Å². The topological polar surface area (TPSA) is 49.3 Å². The van der Waals surface area contributed by atoms with Gasteiger partial charge >= 0.3 is 5.97 Å². The average Bonchev–Trinajstić information content (AvgIpc) is 2.40. The molecule has 5 heteroatoms. The third kappa shape index (κ3) is 5.88. The zero-order valence-electron chi connectivity index (χ0n) is 11.8. The van der Waals surface area contributed by atoms with E-state index in [4.69, 9.17) is 16.7 Å². The molecule has 0 aliphatic heterocycles. The summed E-state index contributed by atoms with van der Waals surface area (Å²) in [5.74, 6) is -1.45. The van der Waals surface area contributed by atoms with Gasteiger partial charge in [-0.3, -0.25) is 4.79 Å². The molecule has 0 fully saturated rings. The van der Waals surface area contributed by atoms with Crippen LogP contribution >= 0.6 is 11.6 Å². The van der Waals surface area contributed by atoms with Crippen LogP contribution in [0.1, 0.15) is 38.7 Å². The first-order valence-corrected chi connectivity index (χ1v) is 7.18. The van der Waals surface area contributed by atoms with E-state index in [0.717, 1.165) is 18.4 Å². The number of carboxylic acids is 1. The van der Waals surface area contributed by atoms with E-state index < -0.39 is 11.8 Å². The first-order valence-electron chi connectivity index (χ1n) is 6.80. The fourth-order valence-electron chi connectivity index (χ4n) is 1.90. The number of carboxylic acid groups (broad SMARTS) is 1. The van der Waals surface area contributed by atoms with Gasteiger partial charge in [-0.2, -0.15) is 0 Å². The van der Waals surface area contributed by atoms with Gasteiger partial charge in [-0.15, -0.1) is 0 Å². The predicted octanol–water partition coefficient (Wildman–Crippen LogP) is 3.85. The molecule has 2 N–H and O–H groups in total. The number of hydrogen-bond acceptors (Lipinski definition) is 2. The van der Waals surface area contributed by atoms with Gasteiger partial charge < -0.3 is 10.4 Å². The number of carbonyl (C=O) groups is 1. The van der Waals surface area contributed by atoms with Crippen LogP contribution in [-0.2, 0) is 11.3 Å². The Balaban J connectivity index is 2.27. The number of benzene rings is 1. The molecule has 3 nitrogen and oxygen atoms in total. The Morgan fingerprint density at radius 2 is 2.10 bits per heavy atom. The third-order valence-corrected chi connectivity index (χ3v) is 3.62. The van der Waals surface area contributed by atoms with E-state index in [2.05, 4.69) is 12.2 Å². The van der Waals surface area contributed by atoms with E-state index in [0.29, 0.717) is 13.0 Å². The minimum atomic E-state index is -0.744. The second kappa shape index (κ2) is 8.22. The molecule has 2 unspecified atom stereocenters. The smallest absolute Gasteiger partial charge is 0.306 e. The van der Waals surface area contributed by atoms with Crippen LogP contribution in [0.3, 0.4) is 0 Å². The Morgan fingerprint density at radius 1 is 1.40 bits per heavy atom. The van der Waals surface area contributed by atoms with Crippen molar-refractivity contribution in [1.29, 1.82) is 0 Å². The zero-order valence-corrected chi connectivity index (χ0v) is 12.6. The predicted molar refractivity (Wildman–Crippen MR) is 78.4 cm³/mol. The van der Waals surface area contributed by atoms with Gasteiger partial charge in [0.15, 0.2) is 0 Å². The third-order valence-electron chi connectivity index (χ3n) is 3.33. The van der Waals surface area contributed by atoms with Crippen molar-refractivity contribution in [3.63, 3.8) is 0 Å². The highest BCUT2D eigenvalue weighted by atomic mass is 35.5. The second-order valence-electron chi connectivity index (χ2n) is 5.20. The lowest BCUT2D eigenvalue weighted by atomic mass is 10.0. The van der Waals surface area contributed by atoms with E-state index >= 15 is 0 Å². The zero-order chi connectivity index (χ0) is 15.1. The van der Waals surface area contributed by atoms with Crippen molar-refractivity contribution in [2.24, 2.45) is 5.92 Å². The van der Waals surface area contributed by atoms with Gasteiger partial charge in [0.2, 0.25) is 0 Å². The summed E-state index contributed by atoms with van der Waals surface area (Å²) in [6.07, 6.45) is 2.46. The standard InChI is InChI=1S/C15H21ClFNO2/c1-10(15(19)20)4-3-5-11(2)18-9-12-6-7-14(17)13(16)8-12/h6-8,10-11,18H,3-5,9H2,1-2H3,(H,19,20). The number of nitrogens with one attached hydrogen (secondary N) is 1. The molecule has 20 heavy (non-hydrogen) atoms. The number of aliphatic carboxylic acids is 1. The van der Waals surface area contributed by atoms with Gasteiger partial charge in [0.25, 0.3) is 0 Å². The highest BCUT2D eigenvalue weighted by Crippen LogP contribution is 2.16. The maximum atomic E-state index is 13.0. The van der Waals surface area contributed by atoms with Crippen molar-refractivity contribution in [2.45, 2.75) is 45.7 Å². The van der Waals surface area contributed by atoms with Crippen molar-refractivity contribution in [1.82, 2.24) is 5.32 Å². The molecule has 0 saturated carbocycles. The maximum absolute atomic E-state index is 13.0. The van der Waals surface area contributed by atoms with Crippen molar-refractivity contribution in [3.05, 3.63) is 34.6 Å². The molecule has 0 amide bonds. The van der Waals surface area contributed by atoms with Gasteiger partial charge in [-0.05, 0) is 37.5 Å². The first kappa shape index (κ1) is 16.9. The molecule has 1 rings (SSSR count). The van der Waals surface area contributed by atoms with Crippen LogP contribution in [0.25, 0.3) is 0 Å². The maximum Gasteiger partial charge on any atom is 0.306 e. The minimum Gasteiger partial charge on any atom is -0.481 e. The van der Waals surface area contributed by atoms with Crippen molar-refractivity contribution in [3.8, 4) is 0 Å². The highest BCUT2D eigenvalue weighted by molar-refractivity contribution is 6.30. The van der Waals surface area contributed by atoms with E-state index in [1.54, 1.807) is 19.1 Å². The van der Waals surface area contributed by atoms with Crippen molar-refractivity contribution >= 4 is 17.6 Å². The Hall–Kier alpha value is -1.13. The van der Waals surface area contributed by atoms with E-state index in [1.165, 1.54) is 6.07 Å². The normalized spacial score (nSPS) is 14.0. The molecule has 0 saturated heterocycles. The molecule has 112 valence electrons. The molecular formula is C15H21ClFNO2. The molecule has 1 aromatic carbocycles. The highest BCUT2D eigenvalue weighted by Gasteiger charge is 2.11. The number of rotatable bonds is 8. The molecule has 0 aliphatic rings. The van der Waals surface area contributed by atoms with Crippen molar-refractivity contribution < 1.29 is 14.3 Å². The monoisotopic (exact) mass is 301 g/mol. The molecule has 0 aromatic heterocycles. The SMILES string of the molecule is CC(CCCC(C)C(=O)O)NCc1ccc(F)c(Cl)c1. The molecule has 0 radical (unpaired) electrons. The molecular weight excluding hydrogens is 281 g/mol. The lowest BCUT2D eigenvalue weighted by Gasteiger charge is -2.14. The first-order chi connectivity index (χ1) is 9.40. The van der Waals surface area contributed by atoms with Crippen LogP contribution in [0.5, 0.6) is 0 Å². The lowest BCUT2D eigenvalue weighted by Crippen LogP contribution is -2.25. The fraction of sp³-hybridized carbons (Fsp3) is 0.533. The molecule has 2 atom stereocenters. The summed E-state index contributed by atoms with van der Waals surface area (Å²) >= 11 is 5.72. The number of hydrogen-bond donors (Lipinski definition) is 2. The molecule has 0 aliphatic carbocycles. The van der Waals surface area contributed by atoms with Gasteiger partial charge in [0.05, 0.1) is 10.9 Å². The minimum absolute atomic E-state index is 0.132. The van der Waals surface area contributed by atoms with Crippen LogP contribution in [0.15, 0.2) is 18.2 Å². The lowest BCUT2D eigenvalue weighted by molar-refractivity contribution is -0.141. The Labute approximate surface area is 124 Å². The van der Waals surface area contributed by atoms with E-state index in [1.807, 2.05) is 0 Å². The average molecular weight is 302 g/mol. The fourth-order valence-corrected chi connectivity index (χ4v) is 2.10. The van der Waals surface area contributed by atoms with Crippen LogP contribution in [0.2, 0.25) is 5.02 Å². The second-order valence-corrected chi connectivity index (χ2v) is 5.61. The Morgan fingerprint density at radius 3 is 2.70 bits per heavy atom. The summed E-state index contributed by atoms with van der Waals surface area (Å²) in [6.45, 7) is 4.40. The van der Waals surface area contributed by atoms with Crippen LogP contribution in [0.4, 0.5) is 4.39 Å². The summed E-state index contributed by atoms with van der Waals surface area (Å²) < 4.78 is 13.0. The molecule has 0 heterocycles. The summed E-state index contributed by atoms with van der Waals surface area (Å²) in [7, 11) is 0. The summed E-state index contributed by atoms with van der Waals surface area (Å²) in [5.41, 5.74) is 0.933. The quantitative estimate of drug-likeness (QED) is 0.767. The summed E-state index contributed by atoms with van der Waals surface area (Å²) in [4.78, 5) is 10.7. The molecule has 0 bridgehead atoms. The van der Waals surface area contributed by atoms with Gasteiger partial charge in [0, 0.05) is 12.6 Å².